The third kappa shape index (κ3) is 4.88. The Hall–Kier alpha value is -2.09. The number of aliphatic hydroxyl groups excluding tert-OH is 1. The van der Waals surface area contributed by atoms with E-state index in [1.54, 1.807) is 0 Å². The van der Waals surface area contributed by atoms with Gasteiger partial charge in [0.25, 0.3) is 12.1 Å². The van der Waals surface area contributed by atoms with Crippen LogP contribution in [-0.2, 0) is 11.2 Å². The summed E-state index contributed by atoms with van der Waals surface area (Å²) in [5.41, 5.74) is 0.374. The highest BCUT2D eigenvalue weighted by atomic mass is 19.3. The number of nitro benzene ring substituents is 1. The molecule has 1 rings (SSSR count). The average Bonchev–Trinajstić information content (AvgIpc) is 2.38. The van der Waals surface area contributed by atoms with Gasteiger partial charge in [-0.15, -0.1) is 0 Å². The summed E-state index contributed by atoms with van der Waals surface area (Å²) in [5.74, 6) is -0.562. The Morgan fingerprint density at radius 2 is 1.95 bits per heavy atom. The van der Waals surface area contributed by atoms with Gasteiger partial charge in [0.2, 0.25) is 5.91 Å². The SMILES string of the molecule is O=C(Cc1ccc([N+](=O)[O-])cc1)N(CCO)CC(F)F. The van der Waals surface area contributed by atoms with Crippen molar-refractivity contribution in [1.82, 2.24) is 4.90 Å². The second kappa shape index (κ2) is 7.49. The molecule has 0 bridgehead atoms. The zero-order chi connectivity index (χ0) is 15.1. The summed E-state index contributed by atoms with van der Waals surface area (Å²) in [4.78, 5) is 22.6. The molecule has 0 unspecified atom stereocenters. The molecule has 0 saturated heterocycles. The summed E-state index contributed by atoms with van der Waals surface area (Å²) in [7, 11) is 0. The Kier molecular flexibility index (Phi) is 5.98. The number of hydrogen-bond donors (Lipinski definition) is 1. The maximum Gasteiger partial charge on any atom is 0.269 e. The van der Waals surface area contributed by atoms with Crippen LogP contribution >= 0.6 is 0 Å². The van der Waals surface area contributed by atoms with Crippen LogP contribution in [-0.4, -0.2) is 47.0 Å². The number of halogens is 2. The molecule has 8 heteroatoms. The van der Waals surface area contributed by atoms with Gasteiger partial charge in [0, 0.05) is 18.7 Å². The van der Waals surface area contributed by atoms with E-state index in [0.717, 1.165) is 4.90 Å². The van der Waals surface area contributed by atoms with E-state index in [0.29, 0.717) is 5.56 Å². The number of amides is 1. The van der Waals surface area contributed by atoms with Crippen LogP contribution in [0.5, 0.6) is 0 Å². The fourth-order valence-electron chi connectivity index (χ4n) is 1.63. The molecule has 1 N–H and O–H groups in total. The van der Waals surface area contributed by atoms with Crippen LogP contribution in [0.4, 0.5) is 14.5 Å². The van der Waals surface area contributed by atoms with Crippen molar-refractivity contribution >= 4 is 11.6 Å². The van der Waals surface area contributed by atoms with Gasteiger partial charge in [0.15, 0.2) is 0 Å². The molecule has 0 radical (unpaired) electrons. The quantitative estimate of drug-likeness (QED) is 0.604. The molecule has 0 heterocycles. The molecule has 110 valence electrons. The number of alkyl halides is 2. The van der Waals surface area contributed by atoms with E-state index in [4.69, 9.17) is 5.11 Å². The number of aliphatic hydroxyl groups is 1. The Balaban J connectivity index is 2.69. The zero-order valence-electron chi connectivity index (χ0n) is 10.5. The highest BCUT2D eigenvalue weighted by Gasteiger charge is 2.18. The first-order chi connectivity index (χ1) is 9.43. The number of hydrogen-bond acceptors (Lipinski definition) is 4. The van der Waals surface area contributed by atoms with Crippen molar-refractivity contribution in [2.24, 2.45) is 0 Å². The third-order valence-corrected chi connectivity index (χ3v) is 2.58. The Labute approximate surface area is 113 Å². The van der Waals surface area contributed by atoms with E-state index in [9.17, 15) is 23.7 Å². The van der Waals surface area contributed by atoms with Crippen LogP contribution in [0.3, 0.4) is 0 Å². The lowest BCUT2D eigenvalue weighted by molar-refractivity contribution is -0.384. The minimum absolute atomic E-state index is 0.110. The smallest absolute Gasteiger partial charge is 0.269 e. The second-order valence-electron chi connectivity index (χ2n) is 4.05. The molecule has 1 aromatic carbocycles. The lowest BCUT2D eigenvalue weighted by Gasteiger charge is -2.21. The molecular weight excluding hydrogens is 274 g/mol. The number of nitro groups is 1. The van der Waals surface area contributed by atoms with Crippen molar-refractivity contribution < 1.29 is 23.6 Å². The van der Waals surface area contributed by atoms with Gasteiger partial charge in [0.1, 0.15) is 0 Å². The maximum absolute atomic E-state index is 12.3. The number of rotatable bonds is 7. The van der Waals surface area contributed by atoms with Gasteiger partial charge in [-0.25, -0.2) is 8.78 Å². The fourth-order valence-corrected chi connectivity index (χ4v) is 1.63. The number of nitrogens with zero attached hydrogens (tertiary/aromatic N) is 2. The van der Waals surface area contributed by atoms with Crippen LogP contribution in [0.2, 0.25) is 0 Å². The van der Waals surface area contributed by atoms with Crippen molar-refractivity contribution in [2.45, 2.75) is 12.8 Å². The first-order valence-electron chi connectivity index (χ1n) is 5.84. The Morgan fingerprint density at radius 1 is 1.35 bits per heavy atom. The van der Waals surface area contributed by atoms with E-state index in [1.807, 2.05) is 0 Å². The van der Waals surface area contributed by atoms with Gasteiger partial charge in [-0.3, -0.25) is 14.9 Å². The zero-order valence-corrected chi connectivity index (χ0v) is 10.5. The van der Waals surface area contributed by atoms with Crippen molar-refractivity contribution in [3.63, 3.8) is 0 Å². The average molecular weight is 288 g/mol. The normalized spacial score (nSPS) is 10.6. The molecule has 1 amide bonds. The van der Waals surface area contributed by atoms with Gasteiger partial charge in [-0.05, 0) is 5.56 Å². The fraction of sp³-hybridized carbons (Fsp3) is 0.417. The molecule has 20 heavy (non-hydrogen) atoms. The Bertz CT molecular complexity index is 465. The maximum atomic E-state index is 12.3. The third-order valence-electron chi connectivity index (χ3n) is 2.58. The van der Waals surface area contributed by atoms with Crippen molar-refractivity contribution in [3.05, 3.63) is 39.9 Å². The van der Waals surface area contributed by atoms with E-state index >= 15 is 0 Å². The summed E-state index contributed by atoms with van der Waals surface area (Å²) >= 11 is 0. The highest BCUT2D eigenvalue weighted by Crippen LogP contribution is 2.13. The largest absolute Gasteiger partial charge is 0.395 e. The van der Waals surface area contributed by atoms with Crippen LogP contribution in [0.25, 0.3) is 0 Å². The van der Waals surface area contributed by atoms with Gasteiger partial charge < -0.3 is 10.0 Å². The summed E-state index contributed by atoms with van der Waals surface area (Å²) in [6, 6.07) is 5.28. The van der Waals surface area contributed by atoms with Crippen molar-refractivity contribution in [1.29, 1.82) is 0 Å². The molecule has 0 spiro atoms. The van der Waals surface area contributed by atoms with E-state index in [-0.39, 0.29) is 18.7 Å². The molecule has 1 aromatic rings. The van der Waals surface area contributed by atoms with Crippen LogP contribution < -0.4 is 0 Å². The summed E-state index contributed by atoms with van der Waals surface area (Å²) in [5, 5.41) is 19.2. The highest BCUT2D eigenvalue weighted by molar-refractivity contribution is 5.78. The van der Waals surface area contributed by atoms with Crippen LogP contribution in [0, 0.1) is 10.1 Å². The standard InChI is InChI=1S/C12H14F2N2O4/c13-11(14)8-15(5-6-17)12(18)7-9-1-3-10(4-2-9)16(19)20/h1-4,11,17H,5-8H2. The van der Waals surface area contributed by atoms with Gasteiger partial charge in [-0.1, -0.05) is 12.1 Å². The lowest BCUT2D eigenvalue weighted by Crippen LogP contribution is -2.38. The molecule has 6 nitrogen and oxygen atoms in total. The summed E-state index contributed by atoms with van der Waals surface area (Å²) < 4.78 is 24.6. The van der Waals surface area contributed by atoms with Gasteiger partial charge in [0.05, 0.1) is 24.5 Å². The van der Waals surface area contributed by atoms with Gasteiger partial charge >= 0.3 is 0 Å². The first-order valence-corrected chi connectivity index (χ1v) is 5.84. The molecule has 0 fully saturated rings. The van der Waals surface area contributed by atoms with Gasteiger partial charge in [-0.2, -0.15) is 0 Å². The molecule has 0 aliphatic rings. The monoisotopic (exact) mass is 288 g/mol. The predicted octanol–water partition coefficient (Wildman–Crippen LogP) is 1.22. The molecular formula is C12H14F2N2O4. The lowest BCUT2D eigenvalue weighted by atomic mass is 10.1. The molecule has 0 aliphatic carbocycles. The molecule has 0 aromatic heterocycles. The summed E-state index contributed by atoms with van der Waals surface area (Å²) in [6.07, 6.45) is -2.83. The van der Waals surface area contributed by atoms with E-state index in [1.165, 1.54) is 24.3 Å². The van der Waals surface area contributed by atoms with Crippen LogP contribution in [0.1, 0.15) is 5.56 Å². The Morgan fingerprint density at radius 3 is 2.40 bits per heavy atom. The molecule has 0 atom stereocenters. The van der Waals surface area contributed by atoms with Crippen molar-refractivity contribution in [2.75, 3.05) is 19.7 Å². The topological polar surface area (TPSA) is 83.7 Å². The number of benzene rings is 1. The number of non-ortho nitro benzene ring substituents is 1. The minimum Gasteiger partial charge on any atom is -0.395 e. The summed E-state index contributed by atoms with van der Waals surface area (Å²) in [6.45, 7) is -1.32. The number of carbonyl (C=O) groups is 1. The van der Waals surface area contributed by atoms with Crippen LogP contribution in [0.15, 0.2) is 24.3 Å². The first kappa shape index (κ1) is 16.0. The second-order valence-corrected chi connectivity index (χ2v) is 4.05. The van der Waals surface area contributed by atoms with E-state index in [2.05, 4.69) is 0 Å². The minimum atomic E-state index is -2.68. The van der Waals surface area contributed by atoms with Crippen molar-refractivity contribution in [3.8, 4) is 0 Å². The number of carbonyl (C=O) groups excluding carboxylic acids is 1. The molecule has 0 saturated carbocycles. The molecule has 0 aliphatic heterocycles. The van der Waals surface area contributed by atoms with E-state index < -0.39 is 30.4 Å². The predicted molar refractivity (Wildman–Crippen MR) is 66.5 cm³/mol.